The Morgan fingerprint density at radius 2 is 1.86 bits per heavy atom. The predicted molar refractivity (Wildman–Crippen MR) is 107 cm³/mol. The number of rotatable bonds is 6. The van der Waals surface area contributed by atoms with Crippen LogP contribution in [0.25, 0.3) is 21.8 Å². The lowest BCUT2D eigenvalue weighted by Gasteiger charge is -2.11. The fourth-order valence-corrected chi connectivity index (χ4v) is 3.56. The SMILES string of the molecule is COc1ccc(-c2nc(-c3ccc(OC(C)C)c(C#N)c3)sc2C(=O)O)cc1. The Bertz CT molecular complexity index is 1050. The van der Waals surface area contributed by atoms with E-state index in [0.29, 0.717) is 38.9 Å². The van der Waals surface area contributed by atoms with Crippen LogP contribution < -0.4 is 9.47 Å². The van der Waals surface area contributed by atoms with Crippen molar-refractivity contribution in [3.8, 4) is 39.4 Å². The van der Waals surface area contributed by atoms with Gasteiger partial charge in [0.05, 0.1) is 24.5 Å². The van der Waals surface area contributed by atoms with E-state index in [9.17, 15) is 15.2 Å². The summed E-state index contributed by atoms with van der Waals surface area (Å²) >= 11 is 1.07. The highest BCUT2D eigenvalue weighted by Gasteiger charge is 2.20. The first-order chi connectivity index (χ1) is 13.4. The number of benzene rings is 2. The Labute approximate surface area is 166 Å². The summed E-state index contributed by atoms with van der Waals surface area (Å²) in [7, 11) is 1.57. The fourth-order valence-electron chi connectivity index (χ4n) is 2.64. The van der Waals surface area contributed by atoms with E-state index in [1.807, 2.05) is 13.8 Å². The van der Waals surface area contributed by atoms with Crippen LogP contribution >= 0.6 is 11.3 Å². The van der Waals surface area contributed by atoms with Gasteiger partial charge in [-0.05, 0) is 56.3 Å². The summed E-state index contributed by atoms with van der Waals surface area (Å²) in [5.74, 6) is 0.122. The third-order valence-corrected chi connectivity index (χ3v) is 4.99. The van der Waals surface area contributed by atoms with Crippen LogP contribution in [-0.2, 0) is 0 Å². The number of nitriles is 1. The van der Waals surface area contributed by atoms with Gasteiger partial charge in [-0.2, -0.15) is 5.26 Å². The van der Waals surface area contributed by atoms with E-state index >= 15 is 0 Å². The molecule has 0 spiro atoms. The lowest BCUT2D eigenvalue weighted by molar-refractivity contribution is 0.0702. The molecule has 1 heterocycles. The van der Waals surface area contributed by atoms with Crippen molar-refractivity contribution >= 4 is 17.3 Å². The Balaban J connectivity index is 2.06. The fraction of sp³-hybridized carbons (Fsp3) is 0.190. The quantitative estimate of drug-likeness (QED) is 0.643. The van der Waals surface area contributed by atoms with Crippen molar-refractivity contribution in [3.63, 3.8) is 0 Å². The second kappa shape index (κ2) is 8.11. The molecule has 0 unspecified atom stereocenters. The molecule has 6 nitrogen and oxygen atoms in total. The summed E-state index contributed by atoms with van der Waals surface area (Å²) in [4.78, 5) is 16.4. The zero-order valence-corrected chi connectivity index (χ0v) is 16.4. The van der Waals surface area contributed by atoms with Crippen molar-refractivity contribution in [2.24, 2.45) is 0 Å². The number of carboxylic acid groups (broad SMARTS) is 1. The van der Waals surface area contributed by atoms with Gasteiger partial charge in [0.1, 0.15) is 27.5 Å². The molecule has 0 radical (unpaired) electrons. The number of thiazole rings is 1. The first-order valence-corrected chi connectivity index (χ1v) is 9.34. The second-order valence-electron chi connectivity index (χ2n) is 6.22. The molecule has 0 aliphatic rings. The van der Waals surface area contributed by atoms with Crippen molar-refractivity contribution in [2.75, 3.05) is 7.11 Å². The smallest absolute Gasteiger partial charge is 0.348 e. The second-order valence-corrected chi connectivity index (χ2v) is 7.22. The monoisotopic (exact) mass is 394 g/mol. The van der Waals surface area contributed by atoms with Crippen LogP contribution in [0.3, 0.4) is 0 Å². The van der Waals surface area contributed by atoms with Gasteiger partial charge in [-0.3, -0.25) is 0 Å². The maximum atomic E-state index is 11.7. The Morgan fingerprint density at radius 3 is 2.43 bits per heavy atom. The highest BCUT2D eigenvalue weighted by Crippen LogP contribution is 2.36. The third-order valence-electron chi connectivity index (χ3n) is 3.89. The lowest BCUT2D eigenvalue weighted by Crippen LogP contribution is -2.06. The Morgan fingerprint density at radius 1 is 1.18 bits per heavy atom. The van der Waals surface area contributed by atoms with Crippen LogP contribution in [-0.4, -0.2) is 29.3 Å². The van der Waals surface area contributed by atoms with Gasteiger partial charge < -0.3 is 14.6 Å². The van der Waals surface area contributed by atoms with E-state index in [4.69, 9.17) is 9.47 Å². The molecule has 142 valence electrons. The number of hydrogen-bond donors (Lipinski definition) is 1. The van der Waals surface area contributed by atoms with Gasteiger partial charge in [0.25, 0.3) is 0 Å². The number of aromatic nitrogens is 1. The molecule has 0 bridgehead atoms. The molecule has 0 aliphatic heterocycles. The maximum absolute atomic E-state index is 11.7. The van der Waals surface area contributed by atoms with Crippen molar-refractivity contribution < 1.29 is 19.4 Å². The van der Waals surface area contributed by atoms with Crippen LogP contribution in [0.4, 0.5) is 0 Å². The Kier molecular flexibility index (Phi) is 5.62. The number of carbonyl (C=O) groups is 1. The van der Waals surface area contributed by atoms with Crippen LogP contribution in [0.15, 0.2) is 42.5 Å². The van der Waals surface area contributed by atoms with Crippen LogP contribution in [0.5, 0.6) is 11.5 Å². The van der Waals surface area contributed by atoms with E-state index in [1.54, 1.807) is 49.6 Å². The van der Waals surface area contributed by atoms with Crippen molar-refractivity contribution in [3.05, 3.63) is 52.9 Å². The summed E-state index contributed by atoms with van der Waals surface area (Å²) in [6, 6.07) is 14.3. The summed E-state index contributed by atoms with van der Waals surface area (Å²) in [5.41, 5.74) is 2.11. The van der Waals surface area contributed by atoms with Gasteiger partial charge in [-0.1, -0.05) is 0 Å². The number of hydrogen-bond acceptors (Lipinski definition) is 6. The van der Waals surface area contributed by atoms with Crippen molar-refractivity contribution in [1.29, 1.82) is 5.26 Å². The van der Waals surface area contributed by atoms with Gasteiger partial charge in [0, 0.05) is 11.1 Å². The molecule has 28 heavy (non-hydrogen) atoms. The molecule has 7 heteroatoms. The summed E-state index contributed by atoms with van der Waals surface area (Å²) in [5, 5.41) is 19.6. The zero-order valence-electron chi connectivity index (χ0n) is 15.6. The standard InChI is InChI=1S/C21H18N2O4S/c1-12(2)27-17-9-6-14(10-15(17)11-22)20-23-18(19(28-20)21(24)25)13-4-7-16(26-3)8-5-13/h4-10,12H,1-3H3,(H,24,25). The minimum atomic E-state index is -1.05. The minimum Gasteiger partial charge on any atom is -0.497 e. The predicted octanol–water partition coefficient (Wildman–Crippen LogP) is 4.84. The molecule has 2 aromatic carbocycles. The Hall–Kier alpha value is -3.37. The number of methoxy groups -OCH3 is 1. The molecule has 0 saturated heterocycles. The summed E-state index contributed by atoms with van der Waals surface area (Å²) in [6.07, 6.45) is -0.0573. The van der Waals surface area contributed by atoms with Gasteiger partial charge in [0.15, 0.2) is 0 Å². The third kappa shape index (κ3) is 3.97. The normalized spacial score (nSPS) is 10.5. The lowest BCUT2D eigenvalue weighted by atomic mass is 10.1. The summed E-state index contributed by atoms with van der Waals surface area (Å²) < 4.78 is 10.8. The maximum Gasteiger partial charge on any atom is 0.348 e. The van der Waals surface area contributed by atoms with Crippen molar-refractivity contribution in [1.82, 2.24) is 4.98 Å². The molecule has 1 aromatic heterocycles. The van der Waals surface area contributed by atoms with Crippen LogP contribution in [0, 0.1) is 11.3 Å². The molecule has 0 amide bonds. The van der Waals surface area contributed by atoms with Crippen LogP contribution in [0.1, 0.15) is 29.1 Å². The van der Waals surface area contributed by atoms with Crippen LogP contribution in [0.2, 0.25) is 0 Å². The molecule has 3 aromatic rings. The molecule has 0 aliphatic carbocycles. The van der Waals surface area contributed by atoms with E-state index in [-0.39, 0.29) is 11.0 Å². The van der Waals surface area contributed by atoms with Gasteiger partial charge in [-0.15, -0.1) is 11.3 Å². The van der Waals surface area contributed by atoms with Gasteiger partial charge in [-0.25, -0.2) is 9.78 Å². The number of carboxylic acids is 1. The van der Waals surface area contributed by atoms with Gasteiger partial charge >= 0.3 is 5.97 Å². The molecule has 0 saturated carbocycles. The molecule has 1 N–H and O–H groups in total. The average Bonchev–Trinajstić information content (AvgIpc) is 3.13. The largest absolute Gasteiger partial charge is 0.497 e. The first-order valence-electron chi connectivity index (χ1n) is 8.52. The van der Waals surface area contributed by atoms with Crippen molar-refractivity contribution in [2.45, 2.75) is 20.0 Å². The minimum absolute atomic E-state index is 0.0573. The topological polar surface area (TPSA) is 92.4 Å². The summed E-state index contributed by atoms with van der Waals surface area (Å²) in [6.45, 7) is 3.77. The molecular formula is C21H18N2O4S. The van der Waals surface area contributed by atoms with E-state index < -0.39 is 5.97 Å². The number of nitrogens with zero attached hydrogens (tertiary/aromatic N) is 2. The molecule has 3 rings (SSSR count). The molecule has 0 atom stereocenters. The number of aromatic carboxylic acids is 1. The number of ether oxygens (including phenoxy) is 2. The highest BCUT2D eigenvalue weighted by atomic mass is 32.1. The first kappa shape index (κ1) is 19.4. The molecule has 0 fully saturated rings. The van der Waals surface area contributed by atoms with E-state index in [1.165, 1.54) is 0 Å². The van der Waals surface area contributed by atoms with E-state index in [0.717, 1.165) is 11.3 Å². The zero-order chi connectivity index (χ0) is 20.3. The molecular weight excluding hydrogens is 376 g/mol. The average molecular weight is 394 g/mol. The highest BCUT2D eigenvalue weighted by molar-refractivity contribution is 7.17. The van der Waals surface area contributed by atoms with Gasteiger partial charge in [0.2, 0.25) is 0 Å². The van der Waals surface area contributed by atoms with E-state index in [2.05, 4.69) is 11.1 Å².